The van der Waals surface area contributed by atoms with Gasteiger partial charge in [0.25, 0.3) is 5.91 Å². The molecule has 0 aromatic carbocycles. The van der Waals surface area contributed by atoms with Crippen LogP contribution in [0.5, 0.6) is 0 Å². The summed E-state index contributed by atoms with van der Waals surface area (Å²) < 4.78 is 4.85. The number of rotatable bonds is 2. The first kappa shape index (κ1) is 10.2. The van der Waals surface area contributed by atoms with Gasteiger partial charge in [0.15, 0.2) is 5.69 Å². The smallest absolute Gasteiger partial charge is 0.273 e. The second kappa shape index (κ2) is 4.44. The molecule has 2 rings (SSSR count). The molecular weight excluding hydrogens is 194 g/mol. The lowest BCUT2D eigenvalue weighted by Gasteiger charge is -2.23. The number of hydrogen-bond acceptors (Lipinski definition) is 4. The maximum absolute atomic E-state index is 11.7. The van der Waals surface area contributed by atoms with E-state index in [1.165, 1.54) is 0 Å². The summed E-state index contributed by atoms with van der Waals surface area (Å²) in [5.41, 5.74) is 0.359. The fourth-order valence-corrected chi connectivity index (χ4v) is 1.71. The second-order valence-electron chi connectivity index (χ2n) is 3.84. The first-order valence-corrected chi connectivity index (χ1v) is 5.20. The number of aryl methyl sites for hydroxylation is 1. The largest absolute Gasteiger partial charge is 0.361 e. The van der Waals surface area contributed by atoms with Crippen molar-refractivity contribution < 1.29 is 9.32 Å². The minimum Gasteiger partial charge on any atom is -0.361 e. The molecule has 1 aromatic rings. The fraction of sp³-hybridized carbons (Fsp3) is 0.600. The number of nitrogens with zero attached hydrogens (tertiary/aromatic N) is 1. The molecule has 5 nitrogen and oxygen atoms in total. The van der Waals surface area contributed by atoms with E-state index in [1.54, 1.807) is 13.0 Å². The third kappa shape index (κ3) is 2.56. The van der Waals surface area contributed by atoms with Crippen LogP contribution in [0.1, 0.15) is 29.1 Å². The molecule has 2 heterocycles. The van der Waals surface area contributed by atoms with E-state index in [1.807, 2.05) is 0 Å². The summed E-state index contributed by atoms with van der Waals surface area (Å²) in [7, 11) is 0. The third-order valence-electron chi connectivity index (χ3n) is 2.49. The van der Waals surface area contributed by atoms with Gasteiger partial charge in [-0.2, -0.15) is 0 Å². The lowest BCUT2D eigenvalue weighted by atomic mass is 10.1. The Morgan fingerprint density at radius 2 is 2.60 bits per heavy atom. The minimum atomic E-state index is -0.152. The molecule has 15 heavy (non-hydrogen) atoms. The van der Waals surface area contributed by atoms with Gasteiger partial charge < -0.3 is 15.2 Å². The molecule has 0 aliphatic carbocycles. The lowest BCUT2D eigenvalue weighted by Crippen LogP contribution is -2.45. The number of aromatic nitrogens is 1. The van der Waals surface area contributed by atoms with Crippen LogP contribution in [0.2, 0.25) is 0 Å². The molecule has 1 aromatic heterocycles. The summed E-state index contributed by atoms with van der Waals surface area (Å²) in [5.74, 6) is 0.502. The molecule has 1 atom stereocenters. The summed E-state index contributed by atoms with van der Waals surface area (Å²) in [6.45, 7) is 3.64. The topological polar surface area (TPSA) is 67.2 Å². The van der Waals surface area contributed by atoms with Crippen molar-refractivity contribution in [2.75, 3.05) is 13.1 Å². The Morgan fingerprint density at radius 3 is 3.20 bits per heavy atom. The van der Waals surface area contributed by atoms with Crippen LogP contribution in [0.4, 0.5) is 0 Å². The quantitative estimate of drug-likeness (QED) is 0.742. The van der Waals surface area contributed by atoms with Gasteiger partial charge in [-0.3, -0.25) is 4.79 Å². The van der Waals surface area contributed by atoms with Crippen LogP contribution in [-0.4, -0.2) is 30.2 Å². The van der Waals surface area contributed by atoms with Crippen molar-refractivity contribution in [1.29, 1.82) is 0 Å². The van der Waals surface area contributed by atoms with Crippen LogP contribution in [0.15, 0.2) is 10.6 Å². The van der Waals surface area contributed by atoms with Gasteiger partial charge in [0.2, 0.25) is 0 Å². The molecule has 82 valence electrons. The molecule has 0 saturated carbocycles. The van der Waals surface area contributed by atoms with Crippen LogP contribution in [0, 0.1) is 6.92 Å². The van der Waals surface area contributed by atoms with Crippen LogP contribution >= 0.6 is 0 Å². The molecule has 0 radical (unpaired) electrons. The molecular formula is C10H15N3O2. The Balaban J connectivity index is 1.91. The van der Waals surface area contributed by atoms with Gasteiger partial charge in [0, 0.05) is 18.7 Å². The van der Waals surface area contributed by atoms with Crippen molar-refractivity contribution in [1.82, 2.24) is 15.8 Å². The van der Waals surface area contributed by atoms with E-state index in [0.29, 0.717) is 11.5 Å². The SMILES string of the molecule is Cc1cc(C(=O)N[C@@H]2CCCNC2)no1. The zero-order valence-electron chi connectivity index (χ0n) is 8.75. The first-order chi connectivity index (χ1) is 7.25. The lowest BCUT2D eigenvalue weighted by molar-refractivity contribution is 0.0921. The molecule has 0 bridgehead atoms. The number of nitrogens with one attached hydrogen (secondary N) is 2. The van der Waals surface area contributed by atoms with E-state index in [4.69, 9.17) is 4.52 Å². The van der Waals surface area contributed by atoms with Gasteiger partial charge in [-0.1, -0.05) is 5.16 Å². The Labute approximate surface area is 88.2 Å². The average molecular weight is 209 g/mol. The van der Waals surface area contributed by atoms with Crippen molar-refractivity contribution in [3.63, 3.8) is 0 Å². The van der Waals surface area contributed by atoms with Gasteiger partial charge >= 0.3 is 0 Å². The minimum absolute atomic E-state index is 0.152. The highest BCUT2D eigenvalue weighted by molar-refractivity contribution is 5.92. The summed E-state index contributed by atoms with van der Waals surface area (Å²) >= 11 is 0. The number of hydrogen-bond donors (Lipinski definition) is 2. The van der Waals surface area contributed by atoms with E-state index >= 15 is 0 Å². The Kier molecular flexibility index (Phi) is 3.01. The molecule has 0 spiro atoms. The van der Waals surface area contributed by atoms with Crippen molar-refractivity contribution in [3.8, 4) is 0 Å². The summed E-state index contributed by atoms with van der Waals surface area (Å²) in [4.78, 5) is 11.7. The van der Waals surface area contributed by atoms with Crippen molar-refractivity contribution in [2.24, 2.45) is 0 Å². The Bertz CT molecular complexity index is 342. The zero-order chi connectivity index (χ0) is 10.7. The molecule has 1 aliphatic rings. The maximum atomic E-state index is 11.7. The molecule has 1 aliphatic heterocycles. The first-order valence-electron chi connectivity index (χ1n) is 5.20. The van der Waals surface area contributed by atoms with E-state index in [2.05, 4.69) is 15.8 Å². The van der Waals surface area contributed by atoms with Gasteiger partial charge in [-0.15, -0.1) is 0 Å². The summed E-state index contributed by atoms with van der Waals surface area (Å²) in [6.07, 6.45) is 2.12. The molecule has 1 fully saturated rings. The molecule has 0 unspecified atom stereocenters. The highest BCUT2D eigenvalue weighted by Crippen LogP contribution is 2.05. The molecule has 2 N–H and O–H groups in total. The van der Waals surface area contributed by atoms with Crippen LogP contribution in [-0.2, 0) is 0 Å². The van der Waals surface area contributed by atoms with Crippen molar-refractivity contribution >= 4 is 5.91 Å². The number of carbonyl (C=O) groups is 1. The average Bonchev–Trinajstić information content (AvgIpc) is 2.66. The zero-order valence-corrected chi connectivity index (χ0v) is 8.75. The molecule has 1 saturated heterocycles. The third-order valence-corrected chi connectivity index (χ3v) is 2.49. The van der Waals surface area contributed by atoms with Crippen LogP contribution < -0.4 is 10.6 Å². The van der Waals surface area contributed by atoms with Crippen LogP contribution in [0.3, 0.4) is 0 Å². The summed E-state index contributed by atoms with van der Waals surface area (Å²) in [6, 6.07) is 1.86. The second-order valence-corrected chi connectivity index (χ2v) is 3.84. The normalized spacial score (nSPS) is 21.3. The Hall–Kier alpha value is -1.36. The van der Waals surface area contributed by atoms with E-state index in [0.717, 1.165) is 25.9 Å². The van der Waals surface area contributed by atoms with Crippen LogP contribution in [0.25, 0.3) is 0 Å². The standard InChI is InChI=1S/C10H15N3O2/c1-7-5-9(13-15-7)10(14)12-8-3-2-4-11-6-8/h5,8,11H,2-4,6H2,1H3,(H,12,14)/t8-/m1/s1. The monoisotopic (exact) mass is 209 g/mol. The highest BCUT2D eigenvalue weighted by atomic mass is 16.5. The van der Waals surface area contributed by atoms with Crippen molar-refractivity contribution in [3.05, 3.63) is 17.5 Å². The van der Waals surface area contributed by atoms with Gasteiger partial charge in [0.05, 0.1) is 0 Å². The highest BCUT2D eigenvalue weighted by Gasteiger charge is 2.18. The fourth-order valence-electron chi connectivity index (χ4n) is 1.71. The summed E-state index contributed by atoms with van der Waals surface area (Å²) in [5, 5.41) is 9.84. The van der Waals surface area contributed by atoms with Crippen molar-refractivity contribution in [2.45, 2.75) is 25.8 Å². The van der Waals surface area contributed by atoms with E-state index in [-0.39, 0.29) is 11.9 Å². The maximum Gasteiger partial charge on any atom is 0.273 e. The predicted molar refractivity (Wildman–Crippen MR) is 54.6 cm³/mol. The van der Waals surface area contributed by atoms with E-state index < -0.39 is 0 Å². The van der Waals surface area contributed by atoms with Gasteiger partial charge in [-0.05, 0) is 26.3 Å². The van der Waals surface area contributed by atoms with Gasteiger partial charge in [0.1, 0.15) is 5.76 Å². The molecule has 5 heteroatoms. The Morgan fingerprint density at radius 1 is 1.73 bits per heavy atom. The van der Waals surface area contributed by atoms with E-state index in [9.17, 15) is 4.79 Å². The molecule has 1 amide bonds. The van der Waals surface area contributed by atoms with Gasteiger partial charge in [-0.25, -0.2) is 0 Å². The number of carbonyl (C=O) groups excluding carboxylic acids is 1. The number of amides is 1. The number of piperidine rings is 1. The predicted octanol–water partition coefficient (Wildman–Crippen LogP) is 0.465.